The smallest absolute Gasteiger partial charge is 0.268 e. The molecule has 3 nitrogen and oxygen atoms in total. The average Bonchev–Trinajstić information content (AvgIpc) is 2.75. The highest BCUT2D eigenvalue weighted by atomic mass is 35.5. The lowest BCUT2D eigenvalue weighted by molar-refractivity contribution is 0.0924. The third-order valence-corrected chi connectivity index (χ3v) is 3.44. The molecule has 0 N–H and O–H groups in total. The van der Waals surface area contributed by atoms with Crippen molar-refractivity contribution < 1.29 is 27.2 Å². The first-order valence-corrected chi connectivity index (χ1v) is 6.22. The van der Waals surface area contributed by atoms with Gasteiger partial charge in [-0.1, -0.05) is 11.6 Å². The molecule has 0 fully saturated rings. The van der Waals surface area contributed by atoms with Crippen molar-refractivity contribution in [1.82, 2.24) is 0 Å². The molecule has 2 aromatic carbocycles. The molecular formula is C14H4ClF4NO2. The number of carbonyl (C=O) groups is 2. The molecule has 1 heterocycles. The van der Waals surface area contributed by atoms with E-state index in [0.29, 0.717) is 9.92 Å². The molecule has 0 aliphatic carbocycles. The van der Waals surface area contributed by atoms with Gasteiger partial charge < -0.3 is 0 Å². The van der Waals surface area contributed by atoms with Crippen LogP contribution in [-0.4, -0.2) is 11.8 Å². The topological polar surface area (TPSA) is 37.4 Å². The van der Waals surface area contributed by atoms with Crippen LogP contribution in [0.15, 0.2) is 24.3 Å². The van der Waals surface area contributed by atoms with Crippen molar-refractivity contribution in [2.45, 2.75) is 0 Å². The SMILES string of the molecule is O=C1c2c(F)c(F)c(F)c(F)c2C(=O)N1c1ccc(Cl)cc1. The van der Waals surface area contributed by atoms with Crippen LogP contribution in [0, 0.1) is 23.3 Å². The maximum Gasteiger partial charge on any atom is 0.269 e. The van der Waals surface area contributed by atoms with Crippen LogP contribution in [0.3, 0.4) is 0 Å². The van der Waals surface area contributed by atoms with Crippen LogP contribution in [0.2, 0.25) is 5.02 Å². The molecule has 2 aromatic rings. The summed E-state index contributed by atoms with van der Waals surface area (Å²) in [6.07, 6.45) is 0. The molecule has 0 unspecified atom stereocenters. The third kappa shape index (κ3) is 1.82. The minimum Gasteiger partial charge on any atom is -0.268 e. The van der Waals surface area contributed by atoms with E-state index in [2.05, 4.69) is 0 Å². The molecule has 1 aliphatic heterocycles. The van der Waals surface area contributed by atoms with Gasteiger partial charge in [0.1, 0.15) is 0 Å². The standard InChI is InChI=1S/C14H4ClF4NO2/c15-5-1-3-6(4-2-5)20-13(21)7-8(14(20)22)10(17)12(19)11(18)9(7)16/h1-4H. The molecular weight excluding hydrogens is 326 g/mol. The van der Waals surface area contributed by atoms with Crippen LogP contribution in [0.1, 0.15) is 20.7 Å². The molecule has 0 bridgehead atoms. The molecule has 0 spiro atoms. The Labute approximate surface area is 125 Å². The minimum atomic E-state index is -2.14. The average molecular weight is 330 g/mol. The maximum atomic E-state index is 13.7. The van der Waals surface area contributed by atoms with Crippen LogP contribution in [0.25, 0.3) is 0 Å². The number of carbonyl (C=O) groups excluding carboxylic acids is 2. The van der Waals surface area contributed by atoms with Crippen molar-refractivity contribution >= 4 is 29.1 Å². The summed E-state index contributed by atoms with van der Waals surface area (Å²) in [4.78, 5) is 24.6. The lowest BCUT2D eigenvalue weighted by Gasteiger charge is -2.13. The number of hydrogen-bond donors (Lipinski definition) is 0. The summed E-state index contributed by atoms with van der Waals surface area (Å²) in [7, 11) is 0. The summed E-state index contributed by atoms with van der Waals surface area (Å²) in [5.74, 6) is -10.6. The molecule has 8 heteroatoms. The van der Waals surface area contributed by atoms with Crippen molar-refractivity contribution in [2.24, 2.45) is 0 Å². The monoisotopic (exact) mass is 329 g/mol. The molecule has 0 saturated heterocycles. The predicted molar refractivity (Wildman–Crippen MR) is 68.9 cm³/mol. The minimum absolute atomic E-state index is 0.0322. The maximum absolute atomic E-state index is 13.7. The molecule has 0 aromatic heterocycles. The first-order valence-electron chi connectivity index (χ1n) is 5.85. The Kier molecular flexibility index (Phi) is 3.17. The second-order valence-corrected chi connectivity index (χ2v) is 4.86. The second kappa shape index (κ2) is 4.81. The fourth-order valence-electron chi connectivity index (χ4n) is 2.17. The van der Waals surface area contributed by atoms with Crippen molar-refractivity contribution in [3.63, 3.8) is 0 Å². The summed E-state index contributed by atoms with van der Waals surface area (Å²) < 4.78 is 53.9. The van der Waals surface area contributed by atoms with Gasteiger partial charge in [0.15, 0.2) is 23.3 Å². The highest BCUT2D eigenvalue weighted by Gasteiger charge is 2.44. The Morgan fingerprint density at radius 1 is 0.727 bits per heavy atom. The van der Waals surface area contributed by atoms with Crippen LogP contribution in [0.5, 0.6) is 0 Å². The van der Waals surface area contributed by atoms with Gasteiger partial charge in [-0.2, -0.15) is 0 Å². The van der Waals surface area contributed by atoms with Crippen LogP contribution in [0.4, 0.5) is 23.2 Å². The number of hydrogen-bond acceptors (Lipinski definition) is 2. The zero-order valence-electron chi connectivity index (χ0n) is 10.5. The first-order chi connectivity index (χ1) is 10.3. The van der Waals surface area contributed by atoms with E-state index in [1.54, 1.807) is 0 Å². The molecule has 112 valence electrons. The third-order valence-electron chi connectivity index (χ3n) is 3.19. The zero-order chi connectivity index (χ0) is 16.2. The summed E-state index contributed by atoms with van der Waals surface area (Å²) in [5.41, 5.74) is -2.29. The van der Waals surface area contributed by atoms with Gasteiger partial charge in [-0.15, -0.1) is 0 Å². The summed E-state index contributed by atoms with van der Waals surface area (Å²) >= 11 is 5.66. The Hall–Kier alpha value is -2.41. The van der Waals surface area contributed by atoms with Crippen LogP contribution in [-0.2, 0) is 0 Å². The van der Waals surface area contributed by atoms with E-state index < -0.39 is 46.2 Å². The molecule has 22 heavy (non-hydrogen) atoms. The summed E-state index contributed by atoms with van der Waals surface area (Å²) in [6.45, 7) is 0. The number of anilines is 1. The number of benzene rings is 2. The van der Waals surface area contributed by atoms with Crippen molar-refractivity contribution in [2.75, 3.05) is 4.90 Å². The molecule has 0 atom stereocenters. The van der Waals surface area contributed by atoms with Gasteiger partial charge in [0.25, 0.3) is 11.8 Å². The van der Waals surface area contributed by atoms with E-state index in [1.165, 1.54) is 24.3 Å². The normalized spacial score (nSPS) is 13.8. The largest absolute Gasteiger partial charge is 0.269 e. The number of fused-ring (bicyclic) bond motifs is 1. The Morgan fingerprint density at radius 3 is 1.55 bits per heavy atom. The quantitative estimate of drug-likeness (QED) is 0.346. The number of amides is 2. The Bertz CT molecular complexity index is 789. The predicted octanol–water partition coefficient (Wildman–Crippen LogP) is 3.70. The molecule has 3 rings (SSSR count). The van der Waals surface area contributed by atoms with Gasteiger partial charge in [-0.25, -0.2) is 22.5 Å². The summed E-state index contributed by atoms with van der Waals surface area (Å²) in [5, 5.41) is 0.301. The molecule has 0 radical (unpaired) electrons. The zero-order valence-corrected chi connectivity index (χ0v) is 11.2. The lowest BCUT2D eigenvalue weighted by atomic mass is 10.1. The van der Waals surface area contributed by atoms with Crippen LogP contribution >= 0.6 is 11.6 Å². The van der Waals surface area contributed by atoms with Crippen molar-refractivity contribution in [3.8, 4) is 0 Å². The van der Waals surface area contributed by atoms with Crippen molar-refractivity contribution in [3.05, 3.63) is 63.7 Å². The first kappa shape index (κ1) is 14.5. The number of rotatable bonds is 1. The van der Waals surface area contributed by atoms with Gasteiger partial charge in [0, 0.05) is 5.02 Å². The van der Waals surface area contributed by atoms with Gasteiger partial charge in [0.05, 0.1) is 16.8 Å². The van der Waals surface area contributed by atoms with E-state index in [0.717, 1.165) is 0 Å². The van der Waals surface area contributed by atoms with Gasteiger partial charge in [-0.05, 0) is 24.3 Å². The molecule has 1 aliphatic rings. The van der Waals surface area contributed by atoms with E-state index >= 15 is 0 Å². The molecule has 0 saturated carbocycles. The Morgan fingerprint density at radius 2 is 1.14 bits per heavy atom. The summed E-state index contributed by atoms with van der Waals surface area (Å²) in [6, 6.07) is 5.20. The number of halogens is 5. The van der Waals surface area contributed by atoms with Gasteiger partial charge in [0.2, 0.25) is 0 Å². The van der Waals surface area contributed by atoms with Crippen LogP contribution < -0.4 is 4.90 Å². The van der Waals surface area contributed by atoms with E-state index in [9.17, 15) is 27.2 Å². The second-order valence-electron chi connectivity index (χ2n) is 4.43. The van der Waals surface area contributed by atoms with E-state index in [-0.39, 0.29) is 5.69 Å². The van der Waals surface area contributed by atoms with Gasteiger partial charge >= 0.3 is 0 Å². The Balaban J connectivity index is 2.23. The van der Waals surface area contributed by atoms with Gasteiger partial charge in [-0.3, -0.25) is 9.59 Å². The fourth-order valence-corrected chi connectivity index (χ4v) is 2.30. The highest BCUT2D eigenvalue weighted by Crippen LogP contribution is 2.34. The lowest BCUT2D eigenvalue weighted by Crippen LogP contribution is -2.29. The van der Waals surface area contributed by atoms with Crippen molar-refractivity contribution in [1.29, 1.82) is 0 Å². The number of nitrogens with zero attached hydrogens (tertiary/aromatic N) is 1. The van der Waals surface area contributed by atoms with E-state index in [4.69, 9.17) is 11.6 Å². The molecule has 2 amide bonds. The van der Waals surface area contributed by atoms with E-state index in [1.807, 2.05) is 0 Å². The fraction of sp³-hybridized carbons (Fsp3) is 0. The number of imide groups is 1. The highest BCUT2D eigenvalue weighted by molar-refractivity contribution is 6.35.